The van der Waals surface area contributed by atoms with E-state index in [1.165, 1.54) is 29.2 Å². The minimum Gasteiger partial charge on any atom is -0.464 e. The largest absolute Gasteiger partial charge is 0.464 e. The number of ether oxygens (including phenoxy) is 1. The number of aryl methyl sites for hydroxylation is 2. The summed E-state index contributed by atoms with van der Waals surface area (Å²) in [6.07, 6.45) is 2.24. The number of hydrogen-bond acceptors (Lipinski definition) is 6. The molecule has 1 saturated heterocycles. The van der Waals surface area contributed by atoms with Gasteiger partial charge in [-0.3, -0.25) is 4.79 Å². The van der Waals surface area contributed by atoms with Crippen LogP contribution in [0.1, 0.15) is 47.7 Å². The second kappa shape index (κ2) is 9.51. The molecular weight excluding hydrogens is 418 g/mol. The van der Waals surface area contributed by atoms with Gasteiger partial charge in [-0.05, 0) is 81.5 Å². The molecule has 1 amide bonds. The van der Waals surface area contributed by atoms with Gasteiger partial charge >= 0.3 is 16.1 Å². The quantitative estimate of drug-likeness (QED) is 0.498. The smallest absolute Gasteiger partial charge is 0.339 e. The van der Waals surface area contributed by atoms with Gasteiger partial charge in [-0.1, -0.05) is 12.1 Å². The number of carbonyl (C=O) groups excluding carboxylic acids is 2. The Bertz CT molecular complexity index is 1060. The Balaban J connectivity index is 1.77. The minimum absolute atomic E-state index is 0.109. The van der Waals surface area contributed by atoms with Crippen molar-refractivity contribution in [1.29, 1.82) is 0 Å². The van der Waals surface area contributed by atoms with Crippen LogP contribution in [0.4, 0.5) is 0 Å². The van der Waals surface area contributed by atoms with E-state index in [2.05, 4.69) is 0 Å². The van der Waals surface area contributed by atoms with Gasteiger partial charge in [-0.15, -0.1) is 0 Å². The summed E-state index contributed by atoms with van der Waals surface area (Å²) < 4.78 is 35.7. The van der Waals surface area contributed by atoms with Gasteiger partial charge in [0.1, 0.15) is 16.7 Å². The second-order valence-electron chi connectivity index (χ2n) is 7.59. The highest BCUT2D eigenvalue weighted by Crippen LogP contribution is 2.25. The van der Waals surface area contributed by atoms with Crippen molar-refractivity contribution < 1.29 is 26.9 Å². The number of likely N-dealkylation sites (tertiary alicyclic amines) is 1. The standard InChI is InChI=1S/C23H27NO6S/c1-4-29-23(26)20-7-5-6-14-24(20)22(25)18-10-12-19(13-11-18)30-31(27,28)21-15-16(2)8-9-17(21)3/h8-13,15,20H,4-7,14H2,1-3H3. The summed E-state index contributed by atoms with van der Waals surface area (Å²) in [5, 5.41) is 0. The number of carbonyl (C=O) groups is 2. The third kappa shape index (κ3) is 5.25. The number of benzene rings is 2. The van der Waals surface area contributed by atoms with Crippen LogP contribution in [0.15, 0.2) is 47.4 Å². The van der Waals surface area contributed by atoms with Gasteiger partial charge in [-0.2, -0.15) is 8.42 Å². The van der Waals surface area contributed by atoms with E-state index >= 15 is 0 Å². The lowest BCUT2D eigenvalue weighted by molar-refractivity contribution is -0.149. The topological polar surface area (TPSA) is 90.0 Å². The Hall–Kier alpha value is -2.87. The number of hydrogen-bond donors (Lipinski definition) is 0. The van der Waals surface area contributed by atoms with Gasteiger partial charge in [0.25, 0.3) is 5.91 Å². The van der Waals surface area contributed by atoms with E-state index in [0.717, 1.165) is 18.4 Å². The Kier molecular flexibility index (Phi) is 7.00. The Morgan fingerprint density at radius 2 is 1.77 bits per heavy atom. The molecule has 0 saturated carbocycles. The molecule has 2 aromatic carbocycles. The van der Waals surface area contributed by atoms with Crippen LogP contribution in [0.25, 0.3) is 0 Å². The Morgan fingerprint density at radius 1 is 1.06 bits per heavy atom. The molecule has 1 unspecified atom stereocenters. The SMILES string of the molecule is CCOC(=O)C1CCCCN1C(=O)c1ccc(OS(=O)(=O)c2cc(C)ccc2C)cc1. The Labute approximate surface area is 183 Å². The van der Waals surface area contributed by atoms with Gasteiger partial charge in [0.15, 0.2) is 0 Å². The Morgan fingerprint density at radius 3 is 2.45 bits per heavy atom. The molecule has 7 nitrogen and oxygen atoms in total. The summed E-state index contributed by atoms with van der Waals surface area (Å²) in [7, 11) is -4.00. The third-order valence-corrected chi connectivity index (χ3v) is 6.63. The first-order chi connectivity index (χ1) is 14.7. The molecule has 1 aliphatic heterocycles. The van der Waals surface area contributed by atoms with Gasteiger partial charge in [0.2, 0.25) is 0 Å². The molecule has 0 aliphatic carbocycles. The number of piperidine rings is 1. The van der Waals surface area contributed by atoms with Crippen molar-refractivity contribution in [3.05, 3.63) is 59.2 Å². The van der Waals surface area contributed by atoms with Crippen molar-refractivity contribution in [2.24, 2.45) is 0 Å². The van der Waals surface area contributed by atoms with Crippen molar-refractivity contribution >= 4 is 22.0 Å². The molecule has 0 radical (unpaired) electrons. The zero-order valence-electron chi connectivity index (χ0n) is 18.0. The average Bonchev–Trinajstić information content (AvgIpc) is 2.75. The van der Waals surface area contributed by atoms with E-state index in [9.17, 15) is 18.0 Å². The molecule has 31 heavy (non-hydrogen) atoms. The molecule has 2 aromatic rings. The summed E-state index contributed by atoms with van der Waals surface area (Å²) in [4.78, 5) is 26.9. The molecule has 0 aromatic heterocycles. The maximum atomic E-state index is 13.0. The highest BCUT2D eigenvalue weighted by Gasteiger charge is 2.33. The number of nitrogens with zero attached hydrogens (tertiary/aromatic N) is 1. The van der Waals surface area contributed by atoms with Crippen molar-refractivity contribution in [2.45, 2.75) is 51.0 Å². The van der Waals surface area contributed by atoms with Crippen molar-refractivity contribution in [2.75, 3.05) is 13.2 Å². The second-order valence-corrected chi connectivity index (χ2v) is 9.11. The van der Waals surface area contributed by atoms with E-state index in [-0.39, 0.29) is 23.2 Å². The molecule has 1 fully saturated rings. The van der Waals surface area contributed by atoms with Crippen molar-refractivity contribution in [3.63, 3.8) is 0 Å². The van der Waals surface area contributed by atoms with Crippen LogP contribution < -0.4 is 4.18 Å². The highest BCUT2D eigenvalue weighted by atomic mass is 32.2. The molecule has 1 atom stereocenters. The van der Waals surface area contributed by atoms with E-state index in [1.807, 2.05) is 13.0 Å². The maximum absolute atomic E-state index is 13.0. The summed E-state index contributed by atoms with van der Waals surface area (Å²) in [6.45, 7) is 5.98. The van der Waals surface area contributed by atoms with Gasteiger partial charge in [-0.25, -0.2) is 4.79 Å². The van der Waals surface area contributed by atoms with Crippen molar-refractivity contribution in [1.82, 2.24) is 4.90 Å². The molecule has 3 rings (SSSR count). The van der Waals surface area contributed by atoms with Crippen molar-refractivity contribution in [3.8, 4) is 5.75 Å². The molecule has 166 valence electrons. The first kappa shape index (κ1) is 22.8. The third-order valence-electron chi connectivity index (χ3n) is 5.24. The molecule has 8 heteroatoms. The molecule has 1 heterocycles. The minimum atomic E-state index is -4.00. The fourth-order valence-corrected chi connectivity index (χ4v) is 4.87. The van der Waals surface area contributed by atoms with E-state index in [0.29, 0.717) is 24.1 Å². The van der Waals surface area contributed by atoms with E-state index < -0.39 is 22.1 Å². The molecular formula is C23H27NO6S. The van der Waals surface area contributed by atoms with Crippen LogP contribution >= 0.6 is 0 Å². The predicted octanol–water partition coefficient (Wildman–Crippen LogP) is 3.63. The van der Waals surface area contributed by atoms with E-state index in [4.69, 9.17) is 8.92 Å². The lowest BCUT2D eigenvalue weighted by Gasteiger charge is -2.34. The van der Waals surface area contributed by atoms with E-state index in [1.54, 1.807) is 26.0 Å². The van der Waals surface area contributed by atoms with Crippen LogP contribution in [0.2, 0.25) is 0 Å². The summed E-state index contributed by atoms with van der Waals surface area (Å²) >= 11 is 0. The first-order valence-corrected chi connectivity index (χ1v) is 11.7. The highest BCUT2D eigenvalue weighted by molar-refractivity contribution is 7.87. The van der Waals surface area contributed by atoms with Gasteiger partial charge in [0, 0.05) is 12.1 Å². The molecule has 0 bridgehead atoms. The monoisotopic (exact) mass is 445 g/mol. The maximum Gasteiger partial charge on any atom is 0.339 e. The van der Waals surface area contributed by atoms with Gasteiger partial charge in [0.05, 0.1) is 6.61 Å². The number of rotatable bonds is 6. The lowest BCUT2D eigenvalue weighted by Crippen LogP contribution is -2.48. The fraction of sp³-hybridized carbons (Fsp3) is 0.391. The zero-order chi connectivity index (χ0) is 22.6. The van der Waals surface area contributed by atoms with Gasteiger partial charge < -0.3 is 13.8 Å². The van der Waals surface area contributed by atoms with Crippen LogP contribution in [-0.4, -0.2) is 44.4 Å². The predicted molar refractivity (Wildman–Crippen MR) is 115 cm³/mol. The summed E-state index contributed by atoms with van der Waals surface area (Å²) in [6, 6.07) is 10.4. The molecule has 0 spiro atoms. The fourth-order valence-electron chi connectivity index (χ4n) is 3.63. The van der Waals surface area contributed by atoms with Crippen LogP contribution in [0.3, 0.4) is 0 Å². The average molecular weight is 446 g/mol. The summed E-state index contributed by atoms with van der Waals surface area (Å²) in [5.41, 5.74) is 1.76. The molecule has 1 aliphatic rings. The van der Waals surface area contributed by atoms with Crippen LogP contribution in [0.5, 0.6) is 5.75 Å². The number of amides is 1. The van der Waals surface area contributed by atoms with Crippen LogP contribution in [0, 0.1) is 13.8 Å². The lowest BCUT2D eigenvalue weighted by atomic mass is 10.0. The van der Waals surface area contributed by atoms with Crippen LogP contribution in [-0.2, 0) is 19.6 Å². The number of esters is 1. The normalized spacial score (nSPS) is 16.6. The first-order valence-electron chi connectivity index (χ1n) is 10.3. The zero-order valence-corrected chi connectivity index (χ0v) is 18.8. The molecule has 0 N–H and O–H groups in total. The summed E-state index contributed by atoms with van der Waals surface area (Å²) in [5.74, 6) is -0.574.